The molecule has 1 aromatic carbocycles. The summed E-state index contributed by atoms with van der Waals surface area (Å²) < 4.78 is 0. The number of pyridine rings is 1. The summed E-state index contributed by atoms with van der Waals surface area (Å²) in [6, 6.07) is 8.37. The molecule has 0 fully saturated rings. The van der Waals surface area contributed by atoms with Crippen LogP contribution in [0.5, 0.6) is 0 Å². The monoisotopic (exact) mass is 418 g/mol. The molecule has 0 saturated carbocycles. The highest BCUT2D eigenvalue weighted by Gasteiger charge is 2.05. The second-order valence-electron chi connectivity index (χ2n) is 6.51. The van der Waals surface area contributed by atoms with E-state index in [2.05, 4.69) is 54.8 Å². The highest BCUT2D eigenvalue weighted by Crippen LogP contribution is 2.17. The van der Waals surface area contributed by atoms with Gasteiger partial charge in [0.1, 0.15) is 5.15 Å². The maximum atomic E-state index is 7.76. The molecule has 0 bridgehead atoms. The smallest absolute Gasteiger partial charge is 0.129 e. The van der Waals surface area contributed by atoms with E-state index in [9.17, 15) is 0 Å². The van der Waals surface area contributed by atoms with Crippen molar-refractivity contribution < 1.29 is 0 Å². The highest BCUT2D eigenvalue weighted by atomic mass is 35.5. The first kappa shape index (κ1) is 27.1. The van der Waals surface area contributed by atoms with Gasteiger partial charge in [-0.2, -0.15) is 0 Å². The summed E-state index contributed by atoms with van der Waals surface area (Å²) in [5.74, 6) is 0. The third-order valence-electron chi connectivity index (χ3n) is 4.28. The van der Waals surface area contributed by atoms with Gasteiger partial charge in [-0.1, -0.05) is 65.1 Å². The maximum absolute atomic E-state index is 7.76. The molecular formula is C24H39ClN4. The molecule has 29 heavy (non-hydrogen) atoms. The molecular weight excluding hydrogens is 380 g/mol. The van der Waals surface area contributed by atoms with Gasteiger partial charge in [0.15, 0.2) is 0 Å². The first-order chi connectivity index (χ1) is 14.0. The van der Waals surface area contributed by atoms with Gasteiger partial charge < -0.3 is 10.8 Å². The molecule has 0 aliphatic rings. The van der Waals surface area contributed by atoms with E-state index in [0.717, 1.165) is 36.1 Å². The Labute approximate surface area is 183 Å². The van der Waals surface area contributed by atoms with E-state index in [1.54, 1.807) is 12.3 Å². The number of aryl methyl sites for hydroxylation is 3. The van der Waals surface area contributed by atoms with Crippen LogP contribution in [-0.2, 0) is 12.8 Å². The van der Waals surface area contributed by atoms with E-state index in [0.29, 0.717) is 10.9 Å². The van der Waals surface area contributed by atoms with E-state index in [1.165, 1.54) is 24.0 Å². The zero-order valence-electron chi connectivity index (χ0n) is 19.2. The maximum Gasteiger partial charge on any atom is 0.129 e. The van der Waals surface area contributed by atoms with Crippen molar-refractivity contribution in [2.75, 3.05) is 12.5 Å². The quantitative estimate of drug-likeness (QED) is 0.246. The van der Waals surface area contributed by atoms with Crippen LogP contribution < -0.4 is 10.9 Å². The van der Waals surface area contributed by atoms with Crippen molar-refractivity contribution >= 4 is 23.0 Å². The molecule has 1 heterocycles. The van der Waals surface area contributed by atoms with E-state index in [4.69, 9.17) is 17.0 Å². The summed E-state index contributed by atoms with van der Waals surface area (Å²) in [6.07, 6.45) is 6.96. The zero-order valence-corrected chi connectivity index (χ0v) is 20.0. The number of rotatable bonds is 8. The Kier molecular flexibility index (Phi) is 14.9. The normalized spacial score (nSPS) is 9.66. The second-order valence-corrected chi connectivity index (χ2v) is 6.90. The van der Waals surface area contributed by atoms with Crippen molar-refractivity contribution in [2.24, 2.45) is 0 Å². The molecule has 0 aliphatic heterocycles. The average Bonchev–Trinajstić information content (AvgIpc) is 2.71. The number of benzene rings is 1. The Morgan fingerprint density at radius 2 is 1.76 bits per heavy atom. The minimum Gasteiger partial charge on any atom is -0.322 e. The molecule has 0 unspecified atom stereocenters. The van der Waals surface area contributed by atoms with Crippen molar-refractivity contribution in [3.63, 3.8) is 0 Å². The molecule has 2 rings (SSSR count). The van der Waals surface area contributed by atoms with Crippen LogP contribution in [0.15, 0.2) is 30.5 Å². The Bertz CT molecular complexity index is 729. The van der Waals surface area contributed by atoms with Crippen molar-refractivity contribution in [1.29, 1.82) is 5.41 Å². The summed E-state index contributed by atoms with van der Waals surface area (Å²) in [5.41, 5.74) is 12.7. The lowest BCUT2D eigenvalue weighted by atomic mass is 10.0. The second kappa shape index (κ2) is 15.9. The van der Waals surface area contributed by atoms with Crippen LogP contribution in [0.3, 0.4) is 0 Å². The lowest BCUT2D eigenvalue weighted by molar-refractivity contribution is 0.897. The van der Waals surface area contributed by atoms with E-state index in [1.807, 2.05) is 27.8 Å². The number of nitrogens with zero attached hydrogens (tertiary/aromatic N) is 1. The summed E-state index contributed by atoms with van der Waals surface area (Å²) in [7, 11) is 1.88. The third kappa shape index (κ3) is 9.91. The van der Waals surface area contributed by atoms with Crippen LogP contribution in [0.25, 0.3) is 0 Å². The van der Waals surface area contributed by atoms with Gasteiger partial charge in [0.05, 0.1) is 0 Å². The first-order valence-corrected chi connectivity index (χ1v) is 11.1. The average molecular weight is 419 g/mol. The number of halogens is 1. The molecule has 3 N–H and O–H groups in total. The molecule has 0 amide bonds. The van der Waals surface area contributed by atoms with Gasteiger partial charge in [-0.3, -0.25) is 0 Å². The Hall–Kier alpha value is -1.91. The Morgan fingerprint density at radius 1 is 1.07 bits per heavy atom. The largest absolute Gasteiger partial charge is 0.322 e. The fraction of sp³-hybridized carbons (Fsp3) is 0.500. The lowest BCUT2D eigenvalue weighted by Crippen LogP contribution is -2.15. The Balaban J connectivity index is 0.000000499. The molecule has 0 aliphatic carbocycles. The van der Waals surface area contributed by atoms with Crippen molar-refractivity contribution in [1.82, 2.24) is 10.4 Å². The van der Waals surface area contributed by atoms with E-state index >= 15 is 0 Å². The number of hydrazine groups is 1. The molecule has 0 atom stereocenters. The number of nitrogens with one attached hydrogen (secondary N) is 3. The minimum absolute atomic E-state index is 0.491. The van der Waals surface area contributed by atoms with Crippen LogP contribution in [0.2, 0.25) is 5.15 Å². The first-order valence-electron chi connectivity index (χ1n) is 10.7. The van der Waals surface area contributed by atoms with Gasteiger partial charge in [0.25, 0.3) is 0 Å². The highest BCUT2D eigenvalue weighted by molar-refractivity contribution is 6.29. The standard InChI is InChI=1S/C12H20N2.C10H13ClN2.C2H6/c1-4-6-11-7-8-12(14-13-3)9-10(11)5-2;1-3-4-9(12)8-6-13-10(11)5-7(8)2;1-2/h7-9,13-14H,4-6H2,1-3H3;5-6,12H,3-4H2,1-2H3;1-2H3. The predicted molar refractivity (Wildman–Crippen MR) is 130 cm³/mol. The van der Waals surface area contributed by atoms with Crippen LogP contribution in [-0.4, -0.2) is 17.7 Å². The van der Waals surface area contributed by atoms with Gasteiger partial charge in [-0.05, 0) is 61.1 Å². The topological polar surface area (TPSA) is 60.8 Å². The van der Waals surface area contributed by atoms with Crippen LogP contribution in [0.4, 0.5) is 5.69 Å². The lowest BCUT2D eigenvalue weighted by Gasteiger charge is -2.10. The van der Waals surface area contributed by atoms with Crippen LogP contribution in [0, 0.1) is 12.3 Å². The fourth-order valence-electron chi connectivity index (χ4n) is 2.91. The van der Waals surface area contributed by atoms with Gasteiger partial charge in [-0.15, -0.1) is 0 Å². The molecule has 0 saturated heterocycles. The molecule has 1 aromatic heterocycles. The number of aromatic nitrogens is 1. The number of anilines is 1. The van der Waals surface area contributed by atoms with E-state index < -0.39 is 0 Å². The zero-order chi connectivity index (χ0) is 22.2. The molecule has 4 nitrogen and oxygen atoms in total. The fourth-order valence-corrected chi connectivity index (χ4v) is 3.13. The molecule has 5 heteroatoms. The molecule has 2 aromatic rings. The van der Waals surface area contributed by atoms with Crippen LogP contribution in [0.1, 0.15) is 76.1 Å². The van der Waals surface area contributed by atoms with Gasteiger partial charge >= 0.3 is 0 Å². The SMILES string of the molecule is CC.CCCC(=N)c1cnc(Cl)cc1C.CCCc1ccc(NNC)cc1CC. The van der Waals surface area contributed by atoms with Crippen molar-refractivity contribution in [3.05, 3.63) is 57.9 Å². The predicted octanol–water partition coefficient (Wildman–Crippen LogP) is 6.99. The van der Waals surface area contributed by atoms with Crippen molar-refractivity contribution in [2.45, 2.75) is 73.6 Å². The summed E-state index contributed by atoms with van der Waals surface area (Å²) in [4.78, 5) is 3.97. The summed E-state index contributed by atoms with van der Waals surface area (Å²) >= 11 is 5.72. The summed E-state index contributed by atoms with van der Waals surface area (Å²) in [5, 5.41) is 8.25. The third-order valence-corrected chi connectivity index (χ3v) is 4.49. The molecule has 0 spiro atoms. The van der Waals surface area contributed by atoms with Gasteiger partial charge in [-0.25, -0.2) is 10.4 Å². The van der Waals surface area contributed by atoms with E-state index in [-0.39, 0.29) is 0 Å². The molecule has 162 valence electrons. The molecule has 0 radical (unpaired) electrons. The minimum atomic E-state index is 0.491. The number of hydrogen-bond acceptors (Lipinski definition) is 4. The Morgan fingerprint density at radius 3 is 2.28 bits per heavy atom. The van der Waals surface area contributed by atoms with Gasteiger partial charge in [0, 0.05) is 30.2 Å². The van der Waals surface area contributed by atoms with Gasteiger partial charge in [0.2, 0.25) is 0 Å². The summed E-state index contributed by atoms with van der Waals surface area (Å²) in [6.45, 7) is 12.4. The van der Waals surface area contributed by atoms with Crippen molar-refractivity contribution in [3.8, 4) is 0 Å². The van der Waals surface area contributed by atoms with Crippen LogP contribution >= 0.6 is 11.6 Å². The number of hydrogen-bond donors (Lipinski definition) is 3.